The average Bonchev–Trinajstić information content (AvgIpc) is 2.60. The van der Waals surface area contributed by atoms with Gasteiger partial charge in [-0.1, -0.05) is 0 Å². The van der Waals surface area contributed by atoms with Gasteiger partial charge >= 0.3 is 71.1 Å². The number of fused-ring (bicyclic) bond motifs is 2. The number of carboxylic acid groups (broad SMARTS) is 2. The van der Waals surface area contributed by atoms with E-state index in [2.05, 4.69) is 0 Å². The first-order valence-electron chi connectivity index (χ1n) is 4.22. The number of rotatable bonds is 2. The van der Waals surface area contributed by atoms with Gasteiger partial charge < -0.3 is 17.8 Å². The second kappa shape index (κ2) is 6.00. The van der Waals surface area contributed by atoms with Crippen molar-refractivity contribution in [3.8, 4) is 0 Å². The Morgan fingerprint density at radius 2 is 1.33 bits per heavy atom. The minimum absolute atomic E-state index is 0. The zero-order valence-electron chi connectivity index (χ0n) is 10.8. The van der Waals surface area contributed by atoms with Crippen LogP contribution in [0.5, 0.6) is 0 Å². The molecule has 4 atom stereocenters. The normalized spacial score (nSPS) is 36.5. The van der Waals surface area contributed by atoms with E-state index in [1.54, 1.807) is 0 Å². The maximum atomic E-state index is 10.8. The summed E-state index contributed by atoms with van der Waals surface area (Å²) in [7, 11) is 0. The molecule has 7 heteroatoms. The Morgan fingerprint density at radius 3 is 1.60 bits per heavy atom. The third-order valence-electron chi connectivity index (χ3n) is 2.84. The van der Waals surface area contributed by atoms with Crippen LogP contribution in [0.3, 0.4) is 0 Å². The second-order valence-electron chi connectivity index (χ2n) is 3.52. The first-order valence-corrected chi connectivity index (χ1v) is 4.22. The summed E-state index contributed by atoms with van der Waals surface area (Å²) < 4.78 is 5.26. The van der Waals surface area contributed by atoms with Crippen molar-refractivity contribution in [2.75, 3.05) is 0 Å². The van der Waals surface area contributed by atoms with Gasteiger partial charge in [0.15, 0.2) is 0 Å². The Kier molecular flexibility index (Phi) is 6.36. The summed E-state index contributed by atoms with van der Waals surface area (Å²) in [6, 6.07) is 0. The molecule has 5 nitrogen and oxygen atoms in total. The van der Waals surface area contributed by atoms with Crippen molar-refractivity contribution < 1.29 is 86.5 Å². The minimum Gasteiger partial charge on any atom is -1.00 e. The van der Waals surface area contributed by atoms with Crippen LogP contribution in [0.2, 0.25) is 0 Å². The molecule has 2 saturated heterocycles. The molecule has 0 amide bonds. The molecule has 2 fully saturated rings. The summed E-state index contributed by atoms with van der Waals surface area (Å²) in [6.45, 7) is 0. The fraction of sp³-hybridized carbons (Fsp3) is 0.750. The van der Waals surface area contributed by atoms with E-state index in [0.29, 0.717) is 12.8 Å². The Morgan fingerprint density at radius 1 is 1.00 bits per heavy atom. The van der Waals surface area contributed by atoms with Crippen molar-refractivity contribution in [3.05, 3.63) is 0 Å². The summed E-state index contributed by atoms with van der Waals surface area (Å²) in [5.74, 6) is -3.81. The molecule has 2 aliphatic rings. The first-order chi connectivity index (χ1) is 6.11. The number of ether oxygens (including phenoxy) is 1. The van der Waals surface area contributed by atoms with E-state index in [9.17, 15) is 9.59 Å². The van der Waals surface area contributed by atoms with Crippen LogP contribution >= 0.6 is 0 Å². The summed E-state index contributed by atoms with van der Waals surface area (Å²) in [5, 5.41) is 17.6. The molecule has 2 rings (SSSR count). The Balaban J connectivity index is -0.000000490. The molecule has 2 bridgehead atoms. The van der Waals surface area contributed by atoms with Gasteiger partial charge in [0.1, 0.15) is 0 Å². The van der Waals surface area contributed by atoms with E-state index in [1.165, 1.54) is 0 Å². The Bertz CT molecular complexity index is 253. The van der Waals surface area contributed by atoms with Crippen LogP contribution in [0, 0.1) is 11.8 Å². The molecule has 0 aromatic rings. The zero-order valence-corrected chi connectivity index (χ0v) is 12.8. The fourth-order valence-corrected chi connectivity index (χ4v) is 2.31. The van der Waals surface area contributed by atoms with Gasteiger partial charge in [0.2, 0.25) is 0 Å². The van der Waals surface area contributed by atoms with Gasteiger partial charge in [0.25, 0.3) is 0 Å². The monoisotopic (exact) mass is 234 g/mol. The number of carbonyl (C=O) groups is 2. The fourth-order valence-electron chi connectivity index (χ4n) is 2.31. The van der Waals surface area contributed by atoms with E-state index in [-0.39, 0.29) is 74.2 Å². The predicted molar refractivity (Wildman–Crippen MR) is 42.4 cm³/mol. The van der Waals surface area contributed by atoms with E-state index < -0.39 is 23.8 Å². The topological polar surface area (TPSA) is 83.8 Å². The largest absolute Gasteiger partial charge is 1.00 e. The quantitative estimate of drug-likeness (QED) is 0.465. The zero-order chi connectivity index (χ0) is 9.59. The maximum Gasteiger partial charge on any atom is 1.00 e. The number of hydrogen-bond donors (Lipinski definition) is 2. The molecular weight excluding hydrogens is 222 g/mol. The van der Waals surface area contributed by atoms with Crippen LogP contribution in [-0.2, 0) is 14.3 Å². The number of hydrogen-bond acceptors (Lipinski definition) is 3. The van der Waals surface area contributed by atoms with Crippen LogP contribution < -0.4 is 59.1 Å². The van der Waals surface area contributed by atoms with Gasteiger partial charge in [-0.05, 0) is 12.8 Å². The minimum atomic E-state index is -1.06. The summed E-state index contributed by atoms with van der Waals surface area (Å²) in [4.78, 5) is 21.5. The molecule has 15 heavy (non-hydrogen) atoms. The molecule has 2 aliphatic heterocycles. The molecule has 76 valence electrons. The summed E-state index contributed by atoms with van der Waals surface area (Å²) >= 11 is 0. The molecule has 0 spiro atoms. The molecule has 0 aromatic carbocycles. The molecule has 2 N–H and O–H groups in total. The van der Waals surface area contributed by atoms with Gasteiger partial charge in [-0.3, -0.25) is 9.59 Å². The SMILES string of the molecule is O=C(O)C1C2CCC(O2)C1C(=O)O.[H-].[H-].[Na+].[Na+]. The smallest absolute Gasteiger partial charge is 1.00 e. The van der Waals surface area contributed by atoms with E-state index >= 15 is 0 Å². The second-order valence-corrected chi connectivity index (χ2v) is 3.52. The first kappa shape index (κ1) is 15.9. The van der Waals surface area contributed by atoms with E-state index in [1.807, 2.05) is 0 Å². The van der Waals surface area contributed by atoms with Crippen LogP contribution in [0.4, 0.5) is 0 Å². The van der Waals surface area contributed by atoms with Crippen molar-refractivity contribution >= 4 is 11.9 Å². The van der Waals surface area contributed by atoms with E-state index in [0.717, 1.165) is 0 Å². The summed E-state index contributed by atoms with van der Waals surface area (Å²) in [5.41, 5.74) is 0. The van der Waals surface area contributed by atoms with Gasteiger partial charge in [-0.15, -0.1) is 0 Å². The van der Waals surface area contributed by atoms with Gasteiger partial charge in [-0.25, -0.2) is 0 Å². The molecular formula is C8H12Na2O5. The third kappa shape index (κ3) is 2.77. The van der Waals surface area contributed by atoms with Gasteiger partial charge in [0.05, 0.1) is 24.0 Å². The average molecular weight is 234 g/mol. The number of carboxylic acids is 2. The molecule has 0 saturated carbocycles. The van der Waals surface area contributed by atoms with E-state index in [4.69, 9.17) is 14.9 Å². The van der Waals surface area contributed by atoms with Crippen LogP contribution in [0.1, 0.15) is 15.7 Å². The molecule has 4 unspecified atom stereocenters. The Labute approximate surface area is 134 Å². The van der Waals surface area contributed by atoms with Gasteiger partial charge in [0, 0.05) is 0 Å². The van der Waals surface area contributed by atoms with Crippen LogP contribution in [-0.4, -0.2) is 34.4 Å². The van der Waals surface area contributed by atoms with Crippen LogP contribution in [0.25, 0.3) is 0 Å². The molecule has 0 radical (unpaired) electrons. The molecule has 2 heterocycles. The van der Waals surface area contributed by atoms with Crippen molar-refractivity contribution in [1.82, 2.24) is 0 Å². The van der Waals surface area contributed by atoms with Crippen molar-refractivity contribution in [2.45, 2.75) is 25.0 Å². The third-order valence-corrected chi connectivity index (χ3v) is 2.84. The Hall–Kier alpha value is 0.900. The molecule has 0 aromatic heterocycles. The van der Waals surface area contributed by atoms with Crippen molar-refractivity contribution in [3.63, 3.8) is 0 Å². The van der Waals surface area contributed by atoms with Crippen molar-refractivity contribution in [2.24, 2.45) is 11.8 Å². The standard InChI is InChI=1S/C8H10O5.2Na.2H/c9-7(10)5-3-1-2-4(13-3)6(5)8(11)12;;;;/h3-6H,1-2H2,(H,9,10)(H,11,12);;;;/q;2*+1;2*-1. The van der Waals surface area contributed by atoms with Gasteiger partial charge in [-0.2, -0.15) is 0 Å². The molecule has 0 aliphatic carbocycles. The summed E-state index contributed by atoms with van der Waals surface area (Å²) in [6.07, 6.45) is 0.573. The predicted octanol–water partition coefficient (Wildman–Crippen LogP) is -5.82. The van der Waals surface area contributed by atoms with Crippen LogP contribution in [0.15, 0.2) is 0 Å². The number of aliphatic carboxylic acids is 2. The van der Waals surface area contributed by atoms with Crippen molar-refractivity contribution in [1.29, 1.82) is 0 Å². The maximum absolute atomic E-state index is 10.8.